The van der Waals surface area contributed by atoms with E-state index < -0.39 is 12.1 Å². The van der Waals surface area contributed by atoms with Crippen molar-refractivity contribution in [3.05, 3.63) is 11.6 Å². The van der Waals surface area contributed by atoms with Gasteiger partial charge >= 0.3 is 12.1 Å². The molecule has 1 aromatic rings. The molecular formula is C9H12F3N5O. The van der Waals surface area contributed by atoms with Crippen molar-refractivity contribution in [2.24, 2.45) is 0 Å². The van der Waals surface area contributed by atoms with E-state index in [0.29, 0.717) is 5.82 Å². The van der Waals surface area contributed by atoms with Crippen LogP contribution in [0.25, 0.3) is 0 Å². The van der Waals surface area contributed by atoms with Gasteiger partial charge in [0, 0.05) is 0 Å². The molecule has 0 aromatic carbocycles. The molecule has 18 heavy (non-hydrogen) atoms. The van der Waals surface area contributed by atoms with Gasteiger partial charge in [-0.25, -0.2) is 4.98 Å². The summed E-state index contributed by atoms with van der Waals surface area (Å²) in [6.45, 7) is 0.553. The number of alkyl halides is 3. The quantitative estimate of drug-likeness (QED) is 0.737. The van der Waals surface area contributed by atoms with Crippen LogP contribution in [0.1, 0.15) is 30.5 Å². The smallest absolute Gasteiger partial charge is 0.341 e. The summed E-state index contributed by atoms with van der Waals surface area (Å²) in [4.78, 5) is 14.6. The molecule has 1 aliphatic heterocycles. The van der Waals surface area contributed by atoms with Crippen molar-refractivity contribution < 1.29 is 18.0 Å². The molecule has 1 atom stereocenters. The van der Waals surface area contributed by atoms with Crippen molar-refractivity contribution in [1.82, 2.24) is 25.8 Å². The number of hydrogen-bond donors (Lipinski definition) is 3. The third kappa shape index (κ3) is 2.97. The Bertz CT molecular complexity index is 424. The summed E-state index contributed by atoms with van der Waals surface area (Å²) in [5.41, 5.74) is 0. The third-order valence-electron chi connectivity index (χ3n) is 2.59. The first-order chi connectivity index (χ1) is 8.47. The fraction of sp³-hybridized carbons (Fsp3) is 0.667. The lowest BCUT2D eigenvalue weighted by Gasteiger charge is -2.05. The minimum Gasteiger partial charge on any atom is -0.341 e. The van der Waals surface area contributed by atoms with Crippen molar-refractivity contribution in [1.29, 1.82) is 0 Å². The summed E-state index contributed by atoms with van der Waals surface area (Å²) in [7, 11) is 0. The van der Waals surface area contributed by atoms with Crippen LogP contribution in [0.5, 0.6) is 0 Å². The molecule has 9 heteroatoms. The zero-order valence-corrected chi connectivity index (χ0v) is 9.34. The van der Waals surface area contributed by atoms with Gasteiger partial charge in [0.1, 0.15) is 5.82 Å². The Morgan fingerprint density at radius 1 is 1.50 bits per heavy atom. The molecule has 0 radical (unpaired) electrons. The van der Waals surface area contributed by atoms with Gasteiger partial charge in [-0.3, -0.25) is 9.89 Å². The molecule has 1 fully saturated rings. The summed E-state index contributed by atoms with van der Waals surface area (Å²) >= 11 is 0. The molecule has 6 nitrogen and oxygen atoms in total. The zero-order chi connectivity index (χ0) is 13.2. The maximum atomic E-state index is 11.9. The maximum absolute atomic E-state index is 11.9. The number of halogens is 3. The topological polar surface area (TPSA) is 82.7 Å². The van der Waals surface area contributed by atoms with Gasteiger partial charge < -0.3 is 10.6 Å². The van der Waals surface area contributed by atoms with Gasteiger partial charge in [-0.2, -0.15) is 18.3 Å². The molecule has 1 amide bonds. The number of carbonyl (C=O) groups is 1. The highest BCUT2D eigenvalue weighted by Crippen LogP contribution is 2.19. The van der Waals surface area contributed by atoms with E-state index >= 15 is 0 Å². The van der Waals surface area contributed by atoms with Gasteiger partial charge in [0.2, 0.25) is 0 Å². The number of aromatic nitrogens is 3. The third-order valence-corrected chi connectivity index (χ3v) is 2.59. The van der Waals surface area contributed by atoms with Crippen LogP contribution in [0.3, 0.4) is 0 Å². The van der Waals surface area contributed by atoms with Crippen molar-refractivity contribution in [3.8, 4) is 0 Å². The van der Waals surface area contributed by atoms with Crippen LogP contribution in [0.15, 0.2) is 0 Å². The summed E-state index contributed by atoms with van der Waals surface area (Å²) in [6, 6.07) is 0.0355. The Kier molecular flexibility index (Phi) is 3.50. The first kappa shape index (κ1) is 12.8. The number of H-pyrrole nitrogens is 1. The van der Waals surface area contributed by atoms with Crippen LogP contribution in [-0.2, 0) is 11.3 Å². The number of amides is 1. The molecule has 2 heterocycles. The van der Waals surface area contributed by atoms with Crippen LogP contribution >= 0.6 is 0 Å². The Labute approximate surface area is 100 Å². The van der Waals surface area contributed by atoms with Crippen LogP contribution in [0.2, 0.25) is 0 Å². The number of carbonyl (C=O) groups excluding carboxylic acids is 1. The Morgan fingerprint density at radius 3 is 2.89 bits per heavy atom. The second kappa shape index (κ2) is 4.92. The molecule has 100 valence electrons. The van der Waals surface area contributed by atoms with Crippen LogP contribution in [-0.4, -0.2) is 33.8 Å². The summed E-state index contributed by atoms with van der Waals surface area (Å²) in [5.74, 6) is -1.26. The van der Waals surface area contributed by atoms with E-state index in [4.69, 9.17) is 0 Å². The van der Waals surface area contributed by atoms with Crippen molar-refractivity contribution in [2.45, 2.75) is 31.6 Å². The standard InChI is InChI=1S/C9H12F3N5O/c10-9(11,12)8(18)14-4-6-15-7(17-16-6)5-2-1-3-13-5/h5,13H,1-4H2,(H,14,18)(H,15,16,17)/t5-/m1/s1. The van der Waals surface area contributed by atoms with E-state index in [9.17, 15) is 18.0 Å². The fourth-order valence-corrected chi connectivity index (χ4v) is 1.71. The summed E-state index contributed by atoms with van der Waals surface area (Å²) in [5, 5.41) is 11.3. The second-order valence-corrected chi connectivity index (χ2v) is 3.97. The Morgan fingerprint density at radius 2 is 2.28 bits per heavy atom. The van der Waals surface area contributed by atoms with Crippen LogP contribution in [0.4, 0.5) is 13.2 Å². The van der Waals surface area contributed by atoms with E-state index in [1.165, 1.54) is 0 Å². The van der Waals surface area contributed by atoms with Gasteiger partial charge in [-0.1, -0.05) is 0 Å². The first-order valence-electron chi connectivity index (χ1n) is 5.46. The highest BCUT2D eigenvalue weighted by atomic mass is 19.4. The van der Waals surface area contributed by atoms with Crippen molar-refractivity contribution in [2.75, 3.05) is 6.54 Å². The average molecular weight is 263 g/mol. The van der Waals surface area contributed by atoms with Crippen molar-refractivity contribution in [3.63, 3.8) is 0 Å². The van der Waals surface area contributed by atoms with Gasteiger partial charge in [0.05, 0.1) is 12.6 Å². The van der Waals surface area contributed by atoms with Gasteiger partial charge in [-0.05, 0) is 19.4 Å². The van der Waals surface area contributed by atoms with Crippen LogP contribution in [0, 0.1) is 0 Å². The Hall–Kier alpha value is -1.64. The molecule has 0 saturated carbocycles. The molecule has 1 aliphatic rings. The predicted molar refractivity (Wildman–Crippen MR) is 54.3 cm³/mol. The number of nitrogens with zero attached hydrogens (tertiary/aromatic N) is 2. The lowest BCUT2D eigenvalue weighted by molar-refractivity contribution is -0.173. The van der Waals surface area contributed by atoms with E-state index in [1.54, 1.807) is 5.32 Å². The highest BCUT2D eigenvalue weighted by Gasteiger charge is 2.38. The number of hydrogen-bond acceptors (Lipinski definition) is 4. The molecule has 0 unspecified atom stereocenters. The largest absolute Gasteiger partial charge is 0.471 e. The summed E-state index contributed by atoms with van der Waals surface area (Å²) in [6.07, 6.45) is -2.97. The highest BCUT2D eigenvalue weighted by molar-refractivity contribution is 5.81. The monoisotopic (exact) mass is 263 g/mol. The van der Waals surface area contributed by atoms with E-state index in [2.05, 4.69) is 20.5 Å². The molecule has 0 spiro atoms. The molecule has 2 rings (SSSR count). The normalized spacial score (nSPS) is 20.1. The number of aromatic amines is 1. The lowest BCUT2D eigenvalue weighted by Crippen LogP contribution is -2.36. The van der Waals surface area contributed by atoms with Crippen molar-refractivity contribution >= 4 is 5.91 Å². The van der Waals surface area contributed by atoms with E-state index in [1.807, 2.05) is 0 Å². The minimum absolute atomic E-state index is 0.0355. The summed E-state index contributed by atoms with van der Waals surface area (Å²) < 4.78 is 35.8. The molecule has 0 bridgehead atoms. The molecular weight excluding hydrogens is 251 g/mol. The lowest BCUT2D eigenvalue weighted by atomic mass is 10.2. The molecule has 1 aromatic heterocycles. The molecule has 0 aliphatic carbocycles. The van der Waals surface area contributed by atoms with Gasteiger partial charge in [0.15, 0.2) is 5.82 Å². The molecule has 3 N–H and O–H groups in total. The van der Waals surface area contributed by atoms with E-state index in [-0.39, 0.29) is 18.4 Å². The zero-order valence-electron chi connectivity index (χ0n) is 9.34. The number of rotatable bonds is 3. The van der Waals surface area contributed by atoms with Gasteiger partial charge in [0.25, 0.3) is 0 Å². The molecule has 1 saturated heterocycles. The fourth-order valence-electron chi connectivity index (χ4n) is 1.71. The SMILES string of the molecule is O=C(NCc1nc([C@H]2CCCN2)n[nH]1)C(F)(F)F. The maximum Gasteiger partial charge on any atom is 0.471 e. The number of nitrogens with one attached hydrogen (secondary N) is 3. The van der Waals surface area contributed by atoms with Crippen LogP contribution < -0.4 is 10.6 Å². The first-order valence-corrected chi connectivity index (χ1v) is 5.46. The second-order valence-electron chi connectivity index (χ2n) is 3.97. The van der Waals surface area contributed by atoms with E-state index in [0.717, 1.165) is 19.4 Å². The van der Waals surface area contributed by atoms with Gasteiger partial charge in [-0.15, -0.1) is 0 Å². The minimum atomic E-state index is -4.88. The predicted octanol–water partition coefficient (Wildman–Crippen LogP) is 0.408. The Balaban J connectivity index is 1.89. The average Bonchev–Trinajstić information content (AvgIpc) is 2.94.